The van der Waals surface area contributed by atoms with Crippen molar-refractivity contribution in [1.82, 2.24) is 10.2 Å². The molecule has 0 heterocycles. The molecule has 0 spiro atoms. The lowest BCUT2D eigenvalue weighted by Gasteiger charge is -2.33. The molecule has 0 aromatic heterocycles. The second kappa shape index (κ2) is 14.3. The molecule has 3 aromatic rings. The number of sulfonamides is 1. The fourth-order valence-electron chi connectivity index (χ4n) is 4.53. The van der Waals surface area contributed by atoms with Crippen molar-refractivity contribution in [3.63, 3.8) is 0 Å². The number of aryl methyl sites for hydroxylation is 2. The van der Waals surface area contributed by atoms with E-state index >= 15 is 0 Å². The Kier molecular flexibility index (Phi) is 11.1. The van der Waals surface area contributed by atoms with E-state index in [4.69, 9.17) is 0 Å². The second-order valence-electron chi connectivity index (χ2n) is 10.5. The van der Waals surface area contributed by atoms with Crippen LogP contribution in [0.4, 0.5) is 10.1 Å². The van der Waals surface area contributed by atoms with Crippen LogP contribution in [0.1, 0.15) is 50.8 Å². The van der Waals surface area contributed by atoms with E-state index in [1.807, 2.05) is 39.8 Å². The third-order valence-corrected chi connectivity index (χ3v) is 8.64. The molecule has 0 saturated heterocycles. The Bertz CT molecular complexity index is 1420. The predicted octanol–water partition coefficient (Wildman–Crippen LogP) is 5.47. The van der Waals surface area contributed by atoms with Crippen LogP contribution < -0.4 is 9.62 Å². The van der Waals surface area contributed by atoms with Crippen molar-refractivity contribution >= 4 is 27.5 Å². The lowest BCUT2D eigenvalue weighted by molar-refractivity contribution is -0.140. The van der Waals surface area contributed by atoms with Crippen LogP contribution in [0.5, 0.6) is 0 Å². The molecule has 0 unspecified atom stereocenters. The third-order valence-electron chi connectivity index (χ3n) is 6.87. The minimum absolute atomic E-state index is 0.0144. The van der Waals surface area contributed by atoms with Crippen molar-refractivity contribution in [1.29, 1.82) is 0 Å². The maximum absolute atomic E-state index is 14.1. The van der Waals surface area contributed by atoms with Crippen LogP contribution in [0.15, 0.2) is 77.7 Å². The summed E-state index contributed by atoms with van der Waals surface area (Å²) in [6, 6.07) is 18.4. The number of hydrogen-bond acceptors (Lipinski definition) is 4. The Morgan fingerprint density at radius 2 is 1.56 bits per heavy atom. The van der Waals surface area contributed by atoms with Gasteiger partial charge in [-0.1, -0.05) is 75.7 Å². The Morgan fingerprint density at radius 1 is 0.927 bits per heavy atom. The monoisotopic (exact) mass is 581 g/mol. The van der Waals surface area contributed by atoms with Gasteiger partial charge in [0, 0.05) is 13.1 Å². The number of anilines is 1. The lowest BCUT2D eigenvalue weighted by Crippen LogP contribution is -2.52. The van der Waals surface area contributed by atoms with E-state index in [1.54, 1.807) is 43.3 Å². The number of amides is 2. The summed E-state index contributed by atoms with van der Waals surface area (Å²) in [6.45, 7) is 9.48. The molecule has 9 heteroatoms. The van der Waals surface area contributed by atoms with Crippen molar-refractivity contribution in [3.05, 3.63) is 95.3 Å². The number of carbonyl (C=O) groups is 2. The number of halogens is 1. The van der Waals surface area contributed by atoms with Crippen molar-refractivity contribution in [2.45, 2.75) is 64.9 Å². The van der Waals surface area contributed by atoms with Crippen molar-refractivity contribution in [3.8, 4) is 0 Å². The van der Waals surface area contributed by atoms with Gasteiger partial charge in [-0.3, -0.25) is 13.9 Å². The summed E-state index contributed by atoms with van der Waals surface area (Å²) in [4.78, 5) is 28.9. The van der Waals surface area contributed by atoms with E-state index in [2.05, 4.69) is 5.32 Å². The largest absolute Gasteiger partial charge is 0.354 e. The number of carbonyl (C=O) groups excluding carboxylic acids is 2. The summed E-state index contributed by atoms with van der Waals surface area (Å²) >= 11 is 0. The number of nitrogens with zero attached hydrogens (tertiary/aromatic N) is 2. The number of nitrogens with one attached hydrogen (secondary N) is 1. The van der Waals surface area contributed by atoms with Gasteiger partial charge < -0.3 is 10.2 Å². The molecule has 0 bridgehead atoms. The molecule has 3 aromatic carbocycles. The molecule has 0 aliphatic carbocycles. The average Bonchev–Trinajstić information content (AvgIpc) is 2.95. The van der Waals surface area contributed by atoms with Crippen molar-refractivity contribution in [2.24, 2.45) is 5.92 Å². The zero-order valence-corrected chi connectivity index (χ0v) is 25.2. The van der Waals surface area contributed by atoms with Gasteiger partial charge >= 0.3 is 0 Å². The summed E-state index contributed by atoms with van der Waals surface area (Å²) < 4.78 is 42.9. The number of rotatable bonds is 13. The Morgan fingerprint density at radius 3 is 2.15 bits per heavy atom. The first-order chi connectivity index (χ1) is 19.5. The molecule has 0 aliphatic rings. The summed E-state index contributed by atoms with van der Waals surface area (Å²) in [7, 11) is -4.15. The Hall–Kier alpha value is -3.72. The minimum Gasteiger partial charge on any atom is -0.354 e. The highest BCUT2D eigenvalue weighted by molar-refractivity contribution is 7.92. The molecule has 0 fully saturated rings. The van der Waals surface area contributed by atoms with E-state index in [9.17, 15) is 22.4 Å². The third kappa shape index (κ3) is 8.16. The van der Waals surface area contributed by atoms with Gasteiger partial charge in [-0.15, -0.1) is 0 Å². The van der Waals surface area contributed by atoms with Crippen LogP contribution in [0.3, 0.4) is 0 Å². The van der Waals surface area contributed by atoms with Crippen LogP contribution in [0.2, 0.25) is 0 Å². The molecule has 220 valence electrons. The van der Waals surface area contributed by atoms with E-state index in [1.165, 1.54) is 29.2 Å². The quantitative estimate of drug-likeness (QED) is 0.290. The molecule has 0 saturated carbocycles. The number of benzene rings is 3. The maximum Gasteiger partial charge on any atom is 0.264 e. The zero-order chi connectivity index (χ0) is 30.2. The second-order valence-corrected chi connectivity index (χ2v) is 12.4. The van der Waals surface area contributed by atoms with Crippen LogP contribution in [0.25, 0.3) is 0 Å². The van der Waals surface area contributed by atoms with Crippen LogP contribution in [0, 0.1) is 18.7 Å². The van der Waals surface area contributed by atoms with Crippen LogP contribution >= 0.6 is 0 Å². The van der Waals surface area contributed by atoms with Crippen LogP contribution in [-0.4, -0.2) is 44.3 Å². The summed E-state index contributed by atoms with van der Waals surface area (Å²) in [5.74, 6) is -1.07. The van der Waals surface area contributed by atoms with Gasteiger partial charge in [-0.05, 0) is 67.1 Å². The van der Waals surface area contributed by atoms with Gasteiger partial charge in [0.05, 0.1) is 10.6 Å². The average molecular weight is 582 g/mol. The van der Waals surface area contributed by atoms with Crippen LogP contribution in [-0.2, 0) is 32.6 Å². The van der Waals surface area contributed by atoms with Gasteiger partial charge in [0.25, 0.3) is 10.0 Å². The smallest absolute Gasteiger partial charge is 0.264 e. The fourth-order valence-corrected chi connectivity index (χ4v) is 5.98. The molecule has 1 atom stereocenters. The van der Waals surface area contributed by atoms with E-state index in [0.29, 0.717) is 30.6 Å². The van der Waals surface area contributed by atoms with Gasteiger partial charge in [-0.2, -0.15) is 0 Å². The topological polar surface area (TPSA) is 86.8 Å². The first-order valence-corrected chi connectivity index (χ1v) is 15.4. The van der Waals surface area contributed by atoms with Gasteiger partial charge in [0.1, 0.15) is 18.4 Å². The van der Waals surface area contributed by atoms with E-state index < -0.39 is 34.3 Å². The van der Waals surface area contributed by atoms with E-state index in [-0.39, 0.29) is 23.3 Å². The predicted molar refractivity (Wildman–Crippen MR) is 160 cm³/mol. The summed E-state index contributed by atoms with van der Waals surface area (Å²) in [5.41, 5.74) is 2.70. The molecule has 41 heavy (non-hydrogen) atoms. The molecule has 2 amide bonds. The van der Waals surface area contributed by atoms with E-state index in [0.717, 1.165) is 15.4 Å². The maximum atomic E-state index is 14.1. The molecule has 7 nitrogen and oxygen atoms in total. The molecule has 0 radical (unpaired) electrons. The molecule has 3 rings (SSSR count). The first-order valence-electron chi connectivity index (χ1n) is 14.0. The lowest BCUT2D eigenvalue weighted by atomic mass is 10.1. The standard InChI is InChI=1S/C32H40FN3O4S/c1-6-26-10-8-9-11-30(26)36(41(39,40)28-18-12-24(5)13-19-28)22-31(37)35(21-25-14-16-27(33)17-15-25)29(7-2)32(38)34-20-23(3)4/h8-19,23,29H,6-7,20-22H2,1-5H3,(H,34,38)/t29-/m0/s1. The van der Waals surface area contributed by atoms with Crippen molar-refractivity contribution < 1.29 is 22.4 Å². The number of para-hydroxylation sites is 1. The zero-order valence-electron chi connectivity index (χ0n) is 24.4. The molecule has 0 aliphatic heterocycles. The summed E-state index contributed by atoms with van der Waals surface area (Å²) in [5, 5.41) is 2.90. The molecule has 1 N–H and O–H groups in total. The van der Waals surface area contributed by atoms with Gasteiger partial charge in [0.2, 0.25) is 11.8 Å². The highest BCUT2D eigenvalue weighted by atomic mass is 32.2. The molecular weight excluding hydrogens is 541 g/mol. The fraction of sp³-hybridized carbons (Fsp3) is 0.375. The van der Waals surface area contributed by atoms with Gasteiger partial charge in [0.15, 0.2) is 0 Å². The Labute approximate surface area is 243 Å². The first kappa shape index (κ1) is 31.8. The minimum atomic E-state index is -4.15. The Balaban J connectivity index is 2.08. The normalized spacial score (nSPS) is 12.2. The highest BCUT2D eigenvalue weighted by Gasteiger charge is 2.34. The highest BCUT2D eigenvalue weighted by Crippen LogP contribution is 2.28. The van der Waals surface area contributed by atoms with Crippen molar-refractivity contribution in [2.75, 3.05) is 17.4 Å². The van der Waals surface area contributed by atoms with Gasteiger partial charge in [-0.25, -0.2) is 12.8 Å². The summed E-state index contributed by atoms with van der Waals surface area (Å²) in [6.07, 6.45) is 0.867. The SMILES string of the molecule is CCc1ccccc1N(CC(=O)N(Cc1ccc(F)cc1)[C@@H](CC)C(=O)NCC(C)C)S(=O)(=O)c1ccc(C)cc1. The molecular formula is C32H40FN3O4S. The number of hydrogen-bond donors (Lipinski definition) is 1.